The Kier molecular flexibility index (Phi) is 7.50. The first-order chi connectivity index (χ1) is 14.3. The van der Waals surface area contributed by atoms with Crippen LogP contribution >= 0.6 is 0 Å². The molecule has 1 unspecified atom stereocenters. The van der Waals surface area contributed by atoms with E-state index in [1.807, 2.05) is 56.6 Å². The Labute approximate surface area is 179 Å². The lowest BCUT2D eigenvalue weighted by Crippen LogP contribution is -2.42. The molecule has 1 aliphatic rings. The molecule has 0 spiro atoms. The zero-order valence-electron chi connectivity index (χ0n) is 17.7. The van der Waals surface area contributed by atoms with Crippen LogP contribution in [0.3, 0.4) is 0 Å². The first-order valence-corrected chi connectivity index (χ1v) is 12.1. The molecule has 6 nitrogen and oxygen atoms in total. The van der Waals surface area contributed by atoms with E-state index in [4.69, 9.17) is 4.74 Å². The van der Waals surface area contributed by atoms with E-state index in [2.05, 4.69) is 4.90 Å². The van der Waals surface area contributed by atoms with Crippen LogP contribution in [0.2, 0.25) is 0 Å². The first-order valence-electron chi connectivity index (χ1n) is 10.3. The molecule has 1 fully saturated rings. The van der Waals surface area contributed by atoms with E-state index in [9.17, 15) is 13.2 Å². The summed E-state index contributed by atoms with van der Waals surface area (Å²) in [6.07, 6.45) is 1.32. The van der Waals surface area contributed by atoms with Crippen LogP contribution in [-0.2, 0) is 16.4 Å². The topological polar surface area (TPSA) is 66.9 Å². The average Bonchev–Trinajstić information content (AvgIpc) is 3.09. The molecule has 162 valence electrons. The van der Waals surface area contributed by atoms with Gasteiger partial charge in [0.05, 0.1) is 11.5 Å². The van der Waals surface area contributed by atoms with Crippen LogP contribution in [0.25, 0.3) is 0 Å². The number of hydrogen-bond acceptors (Lipinski definition) is 5. The van der Waals surface area contributed by atoms with E-state index >= 15 is 0 Å². The molecule has 3 rings (SSSR count). The number of para-hydroxylation sites is 1. The summed E-state index contributed by atoms with van der Waals surface area (Å²) >= 11 is 0. The molecule has 0 aromatic heterocycles. The second kappa shape index (κ2) is 10.1. The second-order valence-electron chi connectivity index (χ2n) is 8.01. The van der Waals surface area contributed by atoms with Crippen LogP contribution in [0.4, 0.5) is 0 Å². The molecule has 1 atom stereocenters. The van der Waals surface area contributed by atoms with Gasteiger partial charge in [-0.25, -0.2) is 8.42 Å². The SMILES string of the molecule is CN(C)CCCN(C(=O)c1ccc(COc2ccccc2)cc1)C1CCS(=O)(=O)C1. The molecule has 0 saturated carbocycles. The van der Waals surface area contributed by atoms with E-state index in [-0.39, 0.29) is 23.5 Å². The largest absolute Gasteiger partial charge is 0.489 e. The number of carbonyl (C=O) groups excluding carboxylic acids is 1. The Hall–Kier alpha value is -2.38. The molecule has 1 heterocycles. The van der Waals surface area contributed by atoms with Gasteiger partial charge in [0.15, 0.2) is 9.84 Å². The summed E-state index contributed by atoms with van der Waals surface area (Å²) < 4.78 is 29.7. The minimum atomic E-state index is -3.06. The fourth-order valence-corrected chi connectivity index (χ4v) is 5.35. The normalized spacial score (nSPS) is 17.8. The van der Waals surface area contributed by atoms with Crippen LogP contribution in [-0.4, -0.2) is 68.9 Å². The van der Waals surface area contributed by atoms with Gasteiger partial charge in [0.1, 0.15) is 12.4 Å². The number of nitrogens with zero attached hydrogens (tertiary/aromatic N) is 2. The van der Waals surface area contributed by atoms with E-state index in [0.29, 0.717) is 25.1 Å². The van der Waals surface area contributed by atoms with Crippen LogP contribution in [0.15, 0.2) is 54.6 Å². The van der Waals surface area contributed by atoms with Crippen LogP contribution in [0.5, 0.6) is 5.75 Å². The number of carbonyl (C=O) groups is 1. The van der Waals surface area contributed by atoms with E-state index in [0.717, 1.165) is 24.3 Å². The standard InChI is InChI=1S/C23H30N2O4S/c1-24(2)14-6-15-25(21-13-16-30(27,28)18-21)23(26)20-11-9-19(10-12-20)17-29-22-7-4-3-5-8-22/h3-5,7-12,21H,6,13-18H2,1-2H3. The third kappa shape index (κ3) is 6.31. The van der Waals surface area contributed by atoms with Crippen molar-refractivity contribution in [3.63, 3.8) is 0 Å². The molecule has 0 N–H and O–H groups in total. The molecular weight excluding hydrogens is 400 g/mol. The van der Waals surface area contributed by atoms with Gasteiger partial charge in [-0.15, -0.1) is 0 Å². The highest BCUT2D eigenvalue weighted by Gasteiger charge is 2.34. The van der Waals surface area contributed by atoms with Crippen molar-refractivity contribution < 1.29 is 17.9 Å². The van der Waals surface area contributed by atoms with Crippen molar-refractivity contribution >= 4 is 15.7 Å². The predicted molar refractivity (Wildman–Crippen MR) is 118 cm³/mol. The van der Waals surface area contributed by atoms with Crippen LogP contribution < -0.4 is 4.74 Å². The fraction of sp³-hybridized carbons (Fsp3) is 0.435. The minimum absolute atomic E-state index is 0.0592. The van der Waals surface area contributed by atoms with Gasteiger partial charge in [-0.05, 0) is 63.3 Å². The quantitative estimate of drug-likeness (QED) is 0.612. The monoisotopic (exact) mass is 430 g/mol. The third-order valence-corrected chi connectivity index (χ3v) is 7.01. The second-order valence-corrected chi connectivity index (χ2v) is 10.2. The van der Waals surface area contributed by atoms with Crippen LogP contribution in [0, 0.1) is 0 Å². The van der Waals surface area contributed by atoms with Crippen molar-refractivity contribution in [2.24, 2.45) is 0 Å². The molecule has 1 saturated heterocycles. The zero-order chi connectivity index (χ0) is 21.6. The smallest absolute Gasteiger partial charge is 0.254 e. The molecule has 1 amide bonds. The Morgan fingerprint density at radius 1 is 1.03 bits per heavy atom. The number of ether oxygens (including phenoxy) is 1. The van der Waals surface area contributed by atoms with Crippen molar-refractivity contribution in [3.8, 4) is 5.75 Å². The third-order valence-electron chi connectivity index (χ3n) is 5.26. The first kappa shape index (κ1) is 22.3. The summed E-state index contributed by atoms with van der Waals surface area (Å²) in [4.78, 5) is 17.0. The highest BCUT2D eigenvalue weighted by Crippen LogP contribution is 2.21. The van der Waals surface area contributed by atoms with Gasteiger partial charge < -0.3 is 14.5 Å². The van der Waals surface area contributed by atoms with E-state index < -0.39 is 9.84 Å². The van der Waals surface area contributed by atoms with Gasteiger partial charge in [-0.3, -0.25) is 4.79 Å². The zero-order valence-corrected chi connectivity index (χ0v) is 18.5. The molecule has 1 aliphatic heterocycles. The highest BCUT2D eigenvalue weighted by atomic mass is 32.2. The van der Waals surface area contributed by atoms with Gasteiger partial charge in [-0.1, -0.05) is 30.3 Å². The minimum Gasteiger partial charge on any atom is -0.489 e. The van der Waals surface area contributed by atoms with Crippen LogP contribution in [0.1, 0.15) is 28.8 Å². The van der Waals surface area contributed by atoms with Gasteiger partial charge in [0.25, 0.3) is 5.91 Å². The van der Waals surface area contributed by atoms with Gasteiger partial charge >= 0.3 is 0 Å². The molecule has 0 bridgehead atoms. The molecule has 2 aromatic rings. The van der Waals surface area contributed by atoms with Crippen molar-refractivity contribution in [3.05, 3.63) is 65.7 Å². The number of hydrogen-bond donors (Lipinski definition) is 0. The molecule has 7 heteroatoms. The summed E-state index contributed by atoms with van der Waals surface area (Å²) in [6.45, 7) is 1.82. The molecule has 30 heavy (non-hydrogen) atoms. The Morgan fingerprint density at radius 3 is 2.33 bits per heavy atom. The summed E-state index contributed by atoms with van der Waals surface area (Å²) in [5.74, 6) is 0.910. The number of rotatable bonds is 9. The van der Waals surface area contributed by atoms with E-state index in [1.165, 1.54) is 0 Å². The van der Waals surface area contributed by atoms with Crippen molar-refractivity contribution in [2.75, 3.05) is 38.7 Å². The van der Waals surface area contributed by atoms with Crippen molar-refractivity contribution in [1.82, 2.24) is 9.80 Å². The van der Waals surface area contributed by atoms with Crippen molar-refractivity contribution in [1.29, 1.82) is 0 Å². The Bertz CT molecular complexity index is 927. The average molecular weight is 431 g/mol. The number of sulfone groups is 1. The van der Waals surface area contributed by atoms with Crippen molar-refractivity contribution in [2.45, 2.75) is 25.5 Å². The summed E-state index contributed by atoms with van der Waals surface area (Å²) in [6, 6.07) is 16.7. The maximum absolute atomic E-state index is 13.2. The highest BCUT2D eigenvalue weighted by molar-refractivity contribution is 7.91. The lowest BCUT2D eigenvalue weighted by molar-refractivity contribution is 0.0690. The Morgan fingerprint density at radius 2 is 1.73 bits per heavy atom. The molecule has 2 aromatic carbocycles. The molecular formula is C23H30N2O4S. The molecule has 0 aliphatic carbocycles. The van der Waals surface area contributed by atoms with Gasteiger partial charge in [0.2, 0.25) is 0 Å². The van der Waals surface area contributed by atoms with Gasteiger partial charge in [-0.2, -0.15) is 0 Å². The number of amides is 1. The fourth-order valence-electron chi connectivity index (χ4n) is 3.62. The Balaban J connectivity index is 1.66. The van der Waals surface area contributed by atoms with E-state index in [1.54, 1.807) is 17.0 Å². The summed E-state index contributed by atoms with van der Waals surface area (Å²) in [7, 11) is 0.918. The lowest BCUT2D eigenvalue weighted by Gasteiger charge is -2.29. The lowest BCUT2D eigenvalue weighted by atomic mass is 10.1. The molecule has 0 radical (unpaired) electrons. The predicted octanol–water partition coefficient (Wildman–Crippen LogP) is 2.85. The van der Waals surface area contributed by atoms with Gasteiger partial charge in [0, 0.05) is 18.2 Å². The number of benzene rings is 2. The maximum Gasteiger partial charge on any atom is 0.254 e. The maximum atomic E-state index is 13.2. The summed E-state index contributed by atoms with van der Waals surface area (Å²) in [5, 5.41) is 0. The summed E-state index contributed by atoms with van der Waals surface area (Å²) in [5.41, 5.74) is 1.55.